The van der Waals surface area contributed by atoms with Crippen LogP contribution in [0.15, 0.2) is 97.2 Å². The Bertz CT molecular complexity index is 1520. The molecule has 1 rings (SSSR count). The number of carbonyl (C=O) groups excluding carboxylic acids is 1. The normalized spacial score (nSPS) is 20.4. The van der Waals surface area contributed by atoms with Crippen LogP contribution >= 0.6 is 0 Å². The number of rotatable bonds is 42. The van der Waals surface area contributed by atoms with Crippen LogP contribution in [-0.2, 0) is 38.3 Å². The Labute approximate surface area is 399 Å². The van der Waals surface area contributed by atoms with Crippen molar-refractivity contribution in [3.05, 3.63) is 97.2 Å². The fourth-order valence-corrected chi connectivity index (χ4v) is 7.52. The van der Waals surface area contributed by atoms with Gasteiger partial charge in [-0.3, -0.25) is 9.35 Å². The first kappa shape index (κ1) is 61.0. The lowest BCUT2D eigenvalue weighted by atomic mass is 9.99. The van der Waals surface area contributed by atoms with Crippen molar-refractivity contribution in [2.75, 3.05) is 26.4 Å². The minimum Gasteiger partial charge on any atom is -0.457 e. The fraction of sp³-hybridized carbons (Fsp3) is 0.679. The lowest BCUT2D eigenvalue weighted by Gasteiger charge is -2.41. The van der Waals surface area contributed by atoms with Crippen molar-refractivity contribution in [2.24, 2.45) is 0 Å². The number of aliphatic hydroxyl groups is 3. The summed E-state index contributed by atoms with van der Waals surface area (Å²) in [6.07, 6.45) is 50.0. The third-order valence-corrected chi connectivity index (χ3v) is 11.2. The molecule has 66 heavy (non-hydrogen) atoms. The van der Waals surface area contributed by atoms with E-state index in [1.54, 1.807) is 0 Å². The molecular formula is C53H88O12S. The second kappa shape index (κ2) is 43.3. The van der Waals surface area contributed by atoms with E-state index in [0.717, 1.165) is 122 Å². The SMILES string of the molecule is CC/C=C\C/C=C\C/C=C\C/C=C\CCCCCCCCCOCC(COC1OC(CO)C(O)C(OS(=O)(=O)O)C1O)OC(=O)CCCCCCCC/C=C\C/C=C\C/C=C\C/C=C\CC. The highest BCUT2D eigenvalue weighted by Crippen LogP contribution is 2.26. The highest BCUT2D eigenvalue weighted by molar-refractivity contribution is 7.80. The summed E-state index contributed by atoms with van der Waals surface area (Å²) in [6.45, 7) is 3.71. The van der Waals surface area contributed by atoms with E-state index in [1.807, 2.05) is 0 Å². The Morgan fingerprint density at radius 3 is 1.45 bits per heavy atom. The molecule has 13 heteroatoms. The summed E-state index contributed by atoms with van der Waals surface area (Å²) in [4.78, 5) is 12.9. The number of aliphatic hydroxyl groups excluding tert-OH is 3. The van der Waals surface area contributed by atoms with Crippen molar-refractivity contribution in [1.82, 2.24) is 0 Å². The summed E-state index contributed by atoms with van der Waals surface area (Å²) in [5.41, 5.74) is 0. The Morgan fingerprint density at radius 1 is 0.576 bits per heavy atom. The lowest BCUT2D eigenvalue weighted by molar-refractivity contribution is -0.301. The van der Waals surface area contributed by atoms with E-state index in [9.17, 15) is 33.1 Å². The summed E-state index contributed by atoms with van der Waals surface area (Å²) in [6, 6.07) is 0. The average Bonchev–Trinajstić information content (AvgIpc) is 3.29. The number of hydrogen-bond donors (Lipinski definition) is 4. The van der Waals surface area contributed by atoms with E-state index in [4.69, 9.17) is 18.9 Å². The summed E-state index contributed by atoms with van der Waals surface area (Å²) in [5, 5.41) is 30.8. The minimum atomic E-state index is -5.07. The molecule has 378 valence electrons. The second-order valence-electron chi connectivity index (χ2n) is 16.6. The maximum absolute atomic E-state index is 12.9. The maximum Gasteiger partial charge on any atom is 0.397 e. The van der Waals surface area contributed by atoms with Gasteiger partial charge in [0.05, 0.1) is 19.8 Å². The topological polar surface area (TPSA) is 178 Å². The molecule has 0 spiro atoms. The van der Waals surface area contributed by atoms with Crippen molar-refractivity contribution in [1.29, 1.82) is 0 Å². The monoisotopic (exact) mass is 949 g/mol. The van der Waals surface area contributed by atoms with E-state index in [2.05, 4.69) is 115 Å². The second-order valence-corrected chi connectivity index (χ2v) is 17.7. The first-order valence-electron chi connectivity index (χ1n) is 25.0. The zero-order chi connectivity index (χ0) is 48.2. The molecule has 4 N–H and O–H groups in total. The quantitative estimate of drug-likeness (QED) is 0.0197. The minimum absolute atomic E-state index is 0.0160. The van der Waals surface area contributed by atoms with Crippen LogP contribution < -0.4 is 0 Å². The van der Waals surface area contributed by atoms with Crippen LogP contribution in [0.4, 0.5) is 0 Å². The number of ether oxygens (including phenoxy) is 4. The summed E-state index contributed by atoms with van der Waals surface area (Å²) in [7, 11) is -5.07. The van der Waals surface area contributed by atoms with Crippen molar-refractivity contribution >= 4 is 16.4 Å². The van der Waals surface area contributed by atoms with Crippen LogP contribution in [0, 0.1) is 0 Å². The molecule has 0 saturated carbocycles. The van der Waals surface area contributed by atoms with Gasteiger partial charge in [-0.25, -0.2) is 4.18 Å². The van der Waals surface area contributed by atoms with Gasteiger partial charge in [-0.2, -0.15) is 8.42 Å². The first-order chi connectivity index (χ1) is 32.1. The zero-order valence-corrected chi connectivity index (χ0v) is 41.3. The van der Waals surface area contributed by atoms with Gasteiger partial charge in [0.2, 0.25) is 0 Å². The highest BCUT2D eigenvalue weighted by atomic mass is 32.3. The Balaban J connectivity index is 2.41. The first-order valence-corrected chi connectivity index (χ1v) is 26.4. The molecule has 1 fully saturated rings. The van der Waals surface area contributed by atoms with Gasteiger partial charge in [-0.05, 0) is 89.9 Å². The maximum atomic E-state index is 12.9. The third kappa shape index (κ3) is 36.1. The molecule has 0 radical (unpaired) electrons. The van der Waals surface area contributed by atoms with Crippen LogP contribution in [0.5, 0.6) is 0 Å². The van der Waals surface area contributed by atoms with Gasteiger partial charge >= 0.3 is 16.4 Å². The highest BCUT2D eigenvalue weighted by Gasteiger charge is 2.48. The number of unbranched alkanes of at least 4 members (excludes halogenated alkanes) is 13. The van der Waals surface area contributed by atoms with Gasteiger partial charge in [0.25, 0.3) is 0 Å². The molecule has 6 atom stereocenters. The third-order valence-electron chi connectivity index (χ3n) is 10.7. The van der Waals surface area contributed by atoms with Crippen LogP contribution in [0.3, 0.4) is 0 Å². The van der Waals surface area contributed by atoms with Crippen LogP contribution in [-0.4, -0.2) is 97.5 Å². The molecule has 0 bridgehead atoms. The van der Waals surface area contributed by atoms with Gasteiger partial charge in [0, 0.05) is 13.0 Å². The lowest BCUT2D eigenvalue weighted by Crippen LogP contribution is -2.60. The van der Waals surface area contributed by atoms with E-state index in [0.29, 0.717) is 13.0 Å². The molecule has 1 aliphatic rings. The molecule has 0 aromatic heterocycles. The molecule has 6 unspecified atom stereocenters. The van der Waals surface area contributed by atoms with E-state index in [-0.39, 0.29) is 19.6 Å². The van der Waals surface area contributed by atoms with Gasteiger partial charge < -0.3 is 34.3 Å². The number of esters is 1. The molecule has 1 heterocycles. The zero-order valence-electron chi connectivity index (χ0n) is 40.5. The van der Waals surface area contributed by atoms with Crippen molar-refractivity contribution in [2.45, 2.75) is 205 Å². The Hall–Kier alpha value is -2.98. The predicted octanol–water partition coefficient (Wildman–Crippen LogP) is 11.4. The van der Waals surface area contributed by atoms with E-state index >= 15 is 0 Å². The number of allylic oxidation sites excluding steroid dienone is 16. The standard InChI is InChI=1S/C53H88O12S/c1-3-5-7-9-11-13-15-17-19-21-23-25-27-29-31-33-35-37-39-41-43-61-45-47(46-62-53-51(57)52(65-66(58,59)60)50(56)48(44-54)64-53)63-49(55)42-40-38-36-34-32-30-28-26-24-22-20-18-16-14-12-10-8-6-4-2/h5-8,11-14,17-20,23-26,47-48,50-54,56-57H,3-4,9-10,15-16,21-22,27-46H2,1-2H3,(H,58,59,60)/b7-5-,8-6-,13-11-,14-12-,19-17-,20-18-,25-23-,26-24-. The fourth-order valence-electron chi connectivity index (χ4n) is 7.01. The molecule has 1 saturated heterocycles. The molecule has 12 nitrogen and oxygen atoms in total. The Morgan fingerprint density at radius 2 is 1.00 bits per heavy atom. The smallest absolute Gasteiger partial charge is 0.397 e. The van der Waals surface area contributed by atoms with Gasteiger partial charge in [-0.15, -0.1) is 0 Å². The average molecular weight is 949 g/mol. The van der Waals surface area contributed by atoms with E-state index in [1.165, 1.54) is 19.3 Å². The molecule has 0 amide bonds. The van der Waals surface area contributed by atoms with Crippen molar-refractivity contribution in [3.63, 3.8) is 0 Å². The number of hydrogen-bond acceptors (Lipinski definition) is 11. The number of carbonyl (C=O) groups is 1. The van der Waals surface area contributed by atoms with Crippen LogP contribution in [0.25, 0.3) is 0 Å². The molecule has 0 aliphatic carbocycles. The van der Waals surface area contributed by atoms with Gasteiger partial charge in [0.1, 0.15) is 30.5 Å². The molecule has 0 aromatic carbocycles. The largest absolute Gasteiger partial charge is 0.457 e. The van der Waals surface area contributed by atoms with Crippen LogP contribution in [0.2, 0.25) is 0 Å². The summed E-state index contributed by atoms with van der Waals surface area (Å²) < 4.78 is 59.2. The van der Waals surface area contributed by atoms with Gasteiger partial charge in [0.15, 0.2) is 6.29 Å². The summed E-state index contributed by atoms with van der Waals surface area (Å²) >= 11 is 0. The molecular weight excluding hydrogens is 861 g/mol. The molecule has 0 aromatic rings. The molecule has 1 aliphatic heterocycles. The predicted molar refractivity (Wildman–Crippen MR) is 266 cm³/mol. The van der Waals surface area contributed by atoms with Gasteiger partial charge in [-0.1, -0.05) is 169 Å². The van der Waals surface area contributed by atoms with Crippen LogP contribution in [0.1, 0.15) is 168 Å². The van der Waals surface area contributed by atoms with E-state index < -0.39 is 59.8 Å². The summed E-state index contributed by atoms with van der Waals surface area (Å²) in [5.74, 6) is -0.421. The van der Waals surface area contributed by atoms with Crippen molar-refractivity contribution < 1.29 is 56.2 Å². The Kier molecular flexibility index (Phi) is 40.1. The van der Waals surface area contributed by atoms with Crippen molar-refractivity contribution in [3.8, 4) is 0 Å².